The highest BCUT2D eigenvalue weighted by Gasteiger charge is 2.17. The van der Waals surface area contributed by atoms with Gasteiger partial charge < -0.3 is 23.0 Å². The van der Waals surface area contributed by atoms with E-state index in [0.717, 1.165) is 22.4 Å². The van der Waals surface area contributed by atoms with Crippen molar-refractivity contribution in [2.24, 2.45) is 0 Å². The average Bonchev–Trinajstić information content (AvgIpc) is 3.72. The van der Waals surface area contributed by atoms with Crippen molar-refractivity contribution in [2.75, 3.05) is 13.7 Å². The van der Waals surface area contributed by atoms with E-state index in [1.807, 2.05) is 73.3 Å². The standard InChI is InChI=1S/C31H31N3O6/c1-4-37-29(35)15-13-24-19-34(33-30(24)23-9-6-5-7-10-23)18-22-12-14-26(28(17-22)36-3)39-20-25-21(2)40-31(32-25)27-11-8-16-38-27/h5-12,14,16-17,19H,4,13,15,18,20H2,1-3H3. The number of aromatic nitrogens is 3. The summed E-state index contributed by atoms with van der Waals surface area (Å²) in [6, 6.07) is 19.3. The average molecular weight is 542 g/mol. The van der Waals surface area contributed by atoms with Crippen LogP contribution in [0.25, 0.3) is 22.9 Å². The maximum atomic E-state index is 12.0. The van der Waals surface area contributed by atoms with E-state index in [1.54, 1.807) is 25.5 Å². The summed E-state index contributed by atoms with van der Waals surface area (Å²) >= 11 is 0. The summed E-state index contributed by atoms with van der Waals surface area (Å²) in [6.07, 6.45) is 4.41. The Hall–Kier alpha value is -4.79. The summed E-state index contributed by atoms with van der Waals surface area (Å²) in [4.78, 5) is 16.5. The van der Waals surface area contributed by atoms with E-state index in [1.165, 1.54) is 0 Å². The summed E-state index contributed by atoms with van der Waals surface area (Å²) in [6.45, 7) is 4.76. The maximum Gasteiger partial charge on any atom is 0.306 e. The third-order valence-corrected chi connectivity index (χ3v) is 6.35. The zero-order valence-electron chi connectivity index (χ0n) is 22.8. The van der Waals surface area contributed by atoms with Gasteiger partial charge in [0.15, 0.2) is 17.3 Å². The molecule has 0 spiro atoms. The second kappa shape index (κ2) is 12.4. The molecule has 3 heterocycles. The van der Waals surface area contributed by atoms with Gasteiger partial charge in [-0.05, 0) is 55.7 Å². The lowest BCUT2D eigenvalue weighted by Gasteiger charge is -2.12. The second-order valence-electron chi connectivity index (χ2n) is 9.14. The van der Waals surface area contributed by atoms with Crippen LogP contribution in [0.15, 0.2) is 82.0 Å². The molecule has 0 aliphatic heterocycles. The highest BCUT2D eigenvalue weighted by molar-refractivity contribution is 5.71. The molecule has 0 N–H and O–H groups in total. The lowest BCUT2D eigenvalue weighted by Crippen LogP contribution is -2.05. The van der Waals surface area contributed by atoms with Gasteiger partial charge in [0.2, 0.25) is 0 Å². The number of hydrogen-bond acceptors (Lipinski definition) is 8. The number of carbonyl (C=O) groups excluding carboxylic acids is 1. The van der Waals surface area contributed by atoms with Crippen molar-refractivity contribution in [1.82, 2.24) is 14.8 Å². The van der Waals surface area contributed by atoms with Crippen molar-refractivity contribution < 1.29 is 27.8 Å². The van der Waals surface area contributed by atoms with E-state index >= 15 is 0 Å². The Kier molecular flexibility index (Phi) is 8.29. The smallest absolute Gasteiger partial charge is 0.306 e. The van der Waals surface area contributed by atoms with Gasteiger partial charge >= 0.3 is 5.97 Å². The van der Waals surface area contributed by atoms with Crippen LogP contribution in [0.4, 0.5) is 0 Å². The van der Waals surface area contributed by atoms with E-state index in [2.05, 4.69) is 4.98 Å². The van der Waals surface area contributed by atoms with Gasteiger partial charge in [-0.2, -0.15) is 5.10 Å². The lowest BCUT2D eigenvalue weighted by molar-refractivity contribution is -0.143. The van der Waals surface area contributed by atoms with Crippen molar-refractivity contribution in [3.8, 4) is 34.4 Å². The number of oxazole rings is 1. The van der Waals surface area contributed by atoms with Crippen LogP contribution in [0.1, 0.15) is 35.9 Å². The molecule has 3 aromatic heterocycles. The molecular weight excluding hydrogens is 510 g/mol. The molecule has 0 saturated carbocycles. The number of esters is 1. The molecule has 5 aromatic rings. The number of furan rings is 1. The Morgan fingerprint density at radius 2 is 1.90 bits per heavy atom. The lowest BCUT2D eigenvalue weighted by atomic mass is 10.0. The number of methoxy groups -OCH3 is 1. The Morgan fingerprint density at radius 3 is 2.65 bits per heavy atom. The molecular formula is C31H31N3O6. The first-order valence-corrected chi connectivity index (χ1v) is 13.1. The number of hydrogen-bond donors (Lipinski definition) is 0. The van der Waals surface area contributed by atoms with E-state index in [-0.39, 0.29) is 12.6 Å². The predicted molar refractivity (Wildman–Crippen MR) is 148 cm³/mol. The van der Waals surface area contributed by atoms with Gasteiger partial charge in [-0.3, -0.25) is 9.48 Å². The molecule has 9 heteroatoms. The van der Waals surface area contributed by atoms with Crippen LogP contribution in [-0.2, 0) is 29.1 Å². The van der Waals surface area contributed by atoms with Crippen LogP contribution in [0.3, 0.4) is 0 Å². The van der Waals surface area contributed by atoms with E-state index in [4.69, 9.17) is 28.1 Å². The number of ether oxygens (including phenoxy) is 3. The SMILES string of the molecule is CCOC(=O)CCc1cn(Cc2ccc(OCc3nc(-c4ccco4)oc3C)c(OC)c2)nc1-c1ccccc1. The minimum Gasteiger partial charge on any atom is -0.493 e. The van der Waals surface area contributed by atoms with E-state index in [9.17, 15) is 4.79 Å². The minimum absolute atomic E-state index is 0.215. The van der Waals surface area contributed by atoms with Crippen LogP contribution in [0.2, 0.25) is 0 Å². The molecule has 5 rings (SSSR count). The minimum atomic E-state index is -0.215. The van der Waals surface area contributed by atoms with Crippen LogP contribution >= 0.6 is 0 Å². The molecule has 40 heavy (non-hydrogen) atoms. The molecule has 206 valence electrons. The fraction of sp³-hybridized carbons (Fsp3) is 0.258. The number of benzene rings is 2. The molecule has 0 radical (unpaired) electrons. The molecule has 0 aliphatic rings. The summed E-state index contributed by atoms with van der Waals surface area (Å²) in [5.41, 5.74) is 4.51. The van der Waals surface area contributed by atoms with Crippen molar-refractivity contribution in [3.63, 3.8) is 0 Å². The Morgan fingerprint density at radius 1 is 1.05 bits per heavy atom. The summed E-state index contributed by atoms with van der Waals surface area (Å²) in [5.74, 6) is 2.62. The Bertz CT molecular complexity index is 1550. The molecule has 0 amide bonds. The van der Waals surface area contributed by atoms with Crippen LogP contribution in [-0.4, -0.2) is 34.5 Å². The first kappa shape index (κ1) is 26.8. The van der Waals surface area contributed by atoms with E-state index in [0.29, 0.717) is 60.6 Å². The predicted octanol–water partition coefficient (Wildman–Crippen LogP) is 6.24. The first-order valence-electron chi connectivity index (χ1n) is 13.1. The van der Waals surface area contributed by atoms with Crippen molar-refractivity contribution >= 4 is 5.97 Å². The molecule has 0 bridgehead atoms. The molecule has 0 fully saturated rings. The van der Waals surface area contributed by atoms with Gasteiger partial charge in [0, 0.05) is 18.2 Å². The fourth-order valence-corrected chi connectivity index (χ4v) is 4.37. The molecule has 0 atom stereocenters. The molecule has 9 nitrogen and oxygen atoms in total. The Balaban J connectivity index is 1.31. The van der Waals surface area contributed by atoms with Crippen molar-refractivity contribution in [3.05, 3.63) is 95.7 Å². The first-order chi connectivity index (χ1) is 19.5. The normalized spacial score (nSPS) is 11.0. The highest BCUT2D eigenvalue weighted by Crippen LogP contribution is 2.31. The zero-order chi connectivity index (χ0) is 27.9. The van der Waals surface area contributed by atoms with Crippen molar-refractivity contribution in [1.29, 1.82) is 0 Å². The third-order valence-electron chi connectivity index (χ3n) is 6.35. The topological polar surface area (TPSA) is 102 Å². The number of aryl methyl sites for hydroxylation is 2. The fourth-order valence-electron chi connectivity index (χ4n) is 4.37. The highest BCUT2D eigenvalue weighted by atomic mass is 16.5. The second-order valence-corrected chi connectivity index (χ2v) is 9.14. The van der Waals surface area contributed by atoms with Crippen LogP contribution in [0.5, 0.6) is 11.5 Å². The molecule has 2 aromatic carbocycles. The summed E-state index contributed by atoms with van der Waals surface area (Å²) in [5, 5.41) is 4.85. The number of nitrogens with zero attached hydrogens (tertiary/aromatic N) is 3. The third kappa shape index (κ3) is 6.26. The molecule has 0 saturated heterocycles. The zero-order valence-corrected chi connectivity index (χ0v) is 22.8. The van der Waals surface area contributed by atoms with Gasteiger partial charge in [0.25, 0.3) is 5.89 Å². The summed E-state index contributed by atoms with van der Waals surface area (Å²) < 4.78 is 29.8. The van der Waals surface area contributed by atoms with Crippen molar-refractivity contribution in [2.45, 2.75) is 39.8 Å². The quantitative estimate of drug-likeness (QED) is 0.171. The van der Waals surface area contributed by atoms with E-state index < -0.39 is 0 Å². The van der Waals surface area contributed by atoms with Crippen LogP contribution < -0.4 is 9.47 Å². The number of rotatable bonds is 12. The van der Waals surface area contributed by atoms with Gasteiger partial charge in [0.1, 0.15) is 18.1 Å². The summed E-state index contributed by atoms with van der Waals surface area (Å²) in [7, 11) is 1.61. The number of carbonyl (C=O) groups is 1. The van der Waals surface area contributed by atoms with Gasteiger partial charge in [0.05, 0.1) is 32.2 Å². The Labute approximate surface area is 232 Å². The molecule has 0 aliphatic carbocycles. The van der Waals surface area contributed by atoms with Gasteiger partial charge in [-0.1, -0.05) is 36.4 Å². The van der Waals surface area contributed by atoms with Crippen LogP contribution in [0, 0.1) is 6.92 Å². The molecule has 0 unspecified atom stereocenters. The largest absolute Gasteiger partial charge is 0.493 e. The maximum absolute atomic E-state index is 12.0. The van der Waals surface area contributed by atoms with Gasteiger partial charge in [-0.25, -0.2) is 4.98 Å². The monoisotopic (exact) mass is 541 g/mol. The van der Waals surface area contributed by atoms with Gasteiger partial charge in [-0.15, -0.1) is 0 Å².